The molecule has 2 fully saturated rings. The molecule has 18 heavy (non-hydrogen) atoms. The highest BCUT2D eigenvalue weighted by molar-refractivity contribution is 7.91. The molecule has 0 aromatic rings. The highest BCUT2D eigenvalue weighted by Gasteiger charge is 2.30. The molecule has 0 amide bonds. The van der Waals surface area contributed by atoms with Gasteiger partial charge in [-0.1, -0.05) is 12.8 Å². The first kappa shape index (κ1) is 14.3. The highest BCUT2D eigenvalue weighted by Crippen LogP contribution is 2.27. The molecule has 2 aliphatic carbocycles. The van der Waals surface area contributed by atoms with Crippen LogP contribution in [0.1, 0.15) is 44.9 Å². The maximum atomic E-state index is 11.6. The summed E-state index contributed by atoms with van der Waals surface area (Å²) in [6, 6.07) is 0.311. The molecule has 2 aliphatic rings. The van der Waals surface area contributed by atoms with E-state index < -0.39 is 9.84 Å². The van der Waals surface area contributed by atoms with Gasteiger partial charge in [0, 0.05) is 18.8 Å². The van der Waals surface area contributed by atoms with Crippen molar-refractivity contribution in [1.29, 1.82) is 0 Å². The van der Waals surface area contributed by atoms with Crippen LogP contribution < -0.4 is 5.32 Å². The van der Waals surface area contributed by atoms with E-state index in [-0.39, 0.29) is 11.4 Å². The summed E-state index contributed by atoms with van der Waals surface area (Å²) in [6.07, 6.45) is 7.92. The molecule has 0 radical (unpaired) electrons. The third-order valence-electron chi connectivity index (χ3n) is 4.52. The van der Waals surface area contributed by atoms with Gasteiger partial charge in [-0.05, 0) is 38.0 Å². The minimum atomic E-state index is -2.90. The summed E-state index contributed by atoms with van der Waals surface area (Å²) < 4.78 is 23.2. The number of aliphatic hydroxyl groups excluding tert-OH is 1. The van der Waals surface area contributed by atoms with Crippen molar-refractivity contribution < 1.29 is 13.5 Å². The second-order valence-electron chi connectivity index (χ2n) is 5.98. The zero-order valence-electron chi connectivity index (χ0n) is 11.1. The molecule has 0 bridgehead atoms. The van der Waals surface area contributed by atoms with E-state index in [0.717, 1.165) is 51.5 Å². The lowest BCUT2D eigenvalue weighted by Gasteiger charge is -2.30. The molecule has 0 heterocycles. The Morgan fingerprint density at radius 2 is 1.89 bits per heavy atom. The quantitative estimate of drug-likeness (QED) is 0.806. The molecule has 0 saturated heterocycles. The second kappa shape index (κ2) is 5.88. The predicted molar refractivity (Wildman–Crippen MR) is 72.2 cm³/mol. The van der Waals surface area contributed by atoms with E-state index >= 15 is 0 Å². The molecule has 0 aliphatic heterocycles. The second-order valence-corrected chi connectivity index (χ2v) is 8.31. The van der Waals surface area contributed by atoms with Crippen LogP contribution in [-0.2, 0) is 9.84 Å². The Bertz CT molecular complexity index is 368. The molecule has 0 spiro atoms. The summed E-state index contributed by atoms with van der Waals surface area (Å²) in [6.45, 7) is 0.836. The summed E-state index contributed by atoms with van der Waals surface area (Å²) in [4.78, 5) is 0. The molecule has 4 unspecified atom stereocenters. The fraction of sp³-hybridized carbons (Fsp3) is 1.00. The normalized spacial score (nSPS) is 37.9. The zero-order valence-corrected chi connectivity index (χ0v) is 12.0. The van der Waals surface area contributed by atoms with Crippen molar-refractivity contribution in [3.63, 3.8) is 0 Å². The predicted octanol–water partition coefficient (Wildman–Crippen LogP) is 1.09. The average molecular weight is 275 g/mol. The lowest BCUT2D eigenvalue weighted by atomic mass is 9.94. The standard InChI is InChI=1S/C13H25NO3S/c1-18(16,17)12-6-3-5-11(8-12)14-9-10-4-2-7-13(10)15/h10-15H,2-9H2,1H3. The minimum absolute atomic E-state index is 0.160. The Balaban J connectivity index is 1.79. The molecule has 4 nitrogen and oxygen atoms in total. The van der Waals surface area contributed by atoms with Crippen LogP contribution in [0.5, 0.6) is 0 Å². The van der Waals surface area contributed by atoms with Gasteiger partial charge >= 0.3 is 0 Å². The van der Waals surface area contributed by atoms with Gasteiger partial charge < -0.3 is 10.4 Å². The monoisotopic (exact) mass is 275 g/mol. The zero-order chi connectivity index (χ0) is 13.2. The Labute approximate surface area is 110 Å². The van der Waals surface area contributed by atoms with E-state index in [2.05, 4.69) is 5.32 Å². The third kappa shape index (κ3) is 3.68. The van der Waals surface area contributed by atoms with Crippen LogP contribution in [0.25, 0.3) is 0 Å². The van der Waals surface area contributed by atoms with Crippen molar-refractivity contribution in [3.05, 3.63) is 0 Å². The summed E-state index contributed by atoms with van der Waals surface area (Å²) in [5.41, 5.74) is 0. The van der Waals surface area contributed by atoms with Gasteiger partial charge in [0.25, 0.3) is 0 Å². The topological polar surface area (TPSA) is 66.4 Å². The summed E-state index contributed by atoms with van der Waals surface area (Å²) in [5.74, 6) is 0.364. The minimum Gasteiger partial charge on any atom is -0.393 e. The molecular formula is C13H25NO3S. The fourth-order valence-corrected chi connectivity index (χ4v) is 4.47. The fourth-order valence-electron chi connectivity index (χ4n) is 3.29. The number of nitrogens with one attached hydrogen (secondary N) is 1. The van der Waals surface area contributed by atoms with Crippen LogP contribution >= 0.6 is 0 Å². The van der Waals surface area contributed by atoms with E-state index in [4.69, 9.17) is 0 Å². The van der Waals surface area contributed by atoms with Crippen LogP contribution in [-0.4, -0.2) is 43.7 Å². The van der Waals surface area contributed by atoms with Gasteiger partial charge in [-0.3, -0.25) is 0 Å². The Hall–Kier alpha value is -0.130. The van der Waals surface area contributed by atoms with Gasteiger partial charge in [0.15, 0.2) is 0 Å². The van der Waals surface area contributed by atoms with E-state index in [1.54, 1.807) is 0 Å². The molecule has 5 heteroatoms. The van der Waals surface area contributed by atoms with Crippen molar-refractivity contribution in [2.24, 2.45) is 5.92 Å². The van der Waals surface area contributed by atoms with E-state index in [1.807, 2.05) is 0 Å². The van der Waals surface area contributed by atoms with E-state index in [1.165, 1.54) is 6.26 Å². The van der Waals surface area contributed by atoms with E-state index in [0.29, 0.717) is 12.0 Å². The van der Waals surface area contributed by atoms with Gasteiger partial charge in [-0.15, -0.1) is 0 Å². The maximum absolute atomic E-state index is 11.6. The third-order valence-corrected chi connectivity index (χ3v) is 6.16. The Morgan fingerprint density at radius 1 is 1.17 bits per heavy atom. The summed E-state index contributed by atoms with van der Waals surface area (Å²) >= 11 is 0. The number of sulfone groups is 1. The number of aliphatic hydroxyl groups is 1. The van der Waals surface area contributed by atoms with Crippen molar-refractivity contribution in [2.75, 3.05) is 12.8 Å². The van der Waals surface area contributed by atoms with Crippen LogP contribution in [0, 0.1) is 5.92 Å². The van der Waals surface area contributed by atoms with Crippen molar-refractivity contribution in [2.45, 2.75) is 62.3 Å². The first-order valence-corrected chi connectivity index (χ1v) is 9.02. The Morgan fingerprint density at radius 3 is 2.50 bits per heavy atom. The molecule has 2 rings (SSSR count). The molecule has 2 saturated carbocycles. The maximum Gasteiger partial charge on any atom is 0.150 e. The molecule has 106 valence electrons. The lowest BCUT2D eigenvalue weighted by molar-refractivity contribution is 0.128. The molecule has 0 aromatic heterocycles. The molecule has 4 atom stereocenters. The smallest absolute Gasteiger partial charge is 0.150 e. The van der Waals surface area contributed by atoms with Crippen molar-refractivity contribution in [3.8, 4) is 0 Å². The van der Waals surface area contributed by atoms with Crippen LogP contribution in [0.3, 0.4) is 0 Å². The molecule has 2 N–H and O–H groups in total. The first-order valence-electron chi connectivity index (χ1n) is 7.07. The van der Waals surface area contributed by atoms with Gasteiger partial charge in [0.1, 0.15) is 9.84 Å². The van der Waals surface area contributed by atoms with Crippen LogP contribution in [0.2, 0.25) is 0 Å². The summed E-state index contributed by atoms with van der Waals surface area (Å²) in [7, 11) is -2.90. The average Bonchev–Trinajstić information content (AvgIpc) is 2.72. The highest BCUT2D eigenvalue weighted by atomic mass is 32.2. The van der Waals surface area contributed by atoms with Gasteiger partial charge in [-0.25, -0.2) is 8.42 Å². The van der Waals surface area contributed by atoms with Crippen molar-refractivity contribution >= 4 is 9.84 Å². The molecule has 0 aromatic carbocycles. The van der Waals surface area contributed by atoms with Gasteiger partial charge in [0.05, 0.1) is 11.4 Å². The van der Waals surface area contributed by atoms with Crippen molar-refractivity contribution in [1.82, 2.24) is 5.32 Å². The number of rotatable bonds is 4. The molecular weight excluding hydrogens is 250 g/mol. The first-order chi connectivity index (χ1) is 8.47. The van der Waals surface area contributed by atoms with E-state index in [9.17, 15) is 13.5 Å². The van der Waals surface area contributed by atoms with Crippen LogP contribution in [0.4, 0.5) is 0 Å². The largest absolute Gasteiger partial charge is 0.393 e. The lowest BCUT2D eigenvalue weighted by Crippen LogP contribution is -2.41. The summed E-state index contributed by atoms with van der Waals surface area (Å²) in [5, 5.41) is 13.1. The Kier molecular flexibility index (Phi) is 4.67. The number of hydrogen-bond donors (Lipinski definition) is 2. The van der Waals surface area contributed by atoms with Gasteiger partial charge in [0.2, 0.25) is 0 Å². The van der Waals surface area contributed by atoms with Crippen LogP contribution in [0.15, 0.2) is 0 Å². The number of hydrogen-bond acceptors (Lipinski definition) is 4. The van der Waals surface area contributed by atoms with Gasteiger partial charge in [-0.2, -0.15) is 0 Å². The SMILES string of the molecule is CS(=O)(=O)C1CCCC(NCC2CCCC2O)C1.